The highest BCUT2D eigenvalue weighted by Gasteiger charge is 2.21. The largest absolute Gasteiger partial charge is 0.395 e. The fourth-order valence-electron chi connectivity index (χ4n) is 4.05. The minimum absolute atomic E-state index is 0.0755. The predicted octanol–water partition coefficient (Wildman–Crippen LogP) is 3.09. The molecule has 4 nitrogen and oxygen atoms in total. The number of benzene rings is 2. The third kappa shape index (κ3) is 5.55. The lowest BCUT2D eigenvalue weighted by Crippen LogP contribution is -2.29. The number of anilines is 1. The van der Waals surface area contributed by atoms with Crippen molar-refractivity contribution in [3.05, 3.63) is 65.2 Å². The molecule has 27 heavy (non-hydrogen) atoms. The molecule has 0 aromatic heterocycles. The molecule has 2 unspecified atom stereocenters. The Labute approximate surface area is 162 Å². The molecule has 0 amide bonds. The Hall–Kier alpha value is -1.88. The molecule has 0 aliphatic heterocycles. The fourth-order valence-corrected chi connectivity index (χ4v) is 4.05. The molecule has 3 N–H and O–H groups in total. The predicted molar refractivity (Wildman–Crippen MR) is 109 cm³/mol. The minimum atomic E-state index is -0.141. The average Bonchev–Trinajstić information content (AvgIpc) is 2.69. The highest BCUT2D eigenvalue weighted by atomic mass is 16.3. The van der Waals surface area contributed by atoms with Crippen molar-refractivity contribution in [2.45, 2.75) is 44.1 Å². The number of rotatable bonds is 8. The SMILES string of the molecule is OCCN(CCO)c1ccc(Cc2ccc(C3CCCC(O)C3)cc2)cc1. The van der Waals surface area contributed by atoms with E-state index in [0.717, 1.165) is 31.4 Å². The number of nitrogens with zero attached hydrogens (tertiary/aromatic N) is 1. The van der Waals surface area contributed by atoms with E-state index in [4.69, 9.17) is 10.2 Å². The number of hydrogen-bond donors (Lipinski definition) is 3. The van der Waals surface area contributed by atoms with E-state index in [1.807, 2.05) is 4.90 Å². The highest BCUT2D eigenvalue weighted by molar-refractivity contribution is 5.48. The maximum absolute atomic E-state index is 9.89. The standard InChI is InChI=1S/C23H31NO3/c25-14-12-24(13-15-26)22-10-6-19(7-11-22)16-18-4-8-20(9-5-18)21-2-1-3-23(27)17-21/h4-11,21,23,25-27H,1-3,12-17H2. The van der Waals surface area contributed by atoms with Crippen LogP contribution in [0.25, 0.3) is 0 Å². The van der Waals surface area contributed by atoms with Gasteiger partial charge >= 0.3 is 0 Å². The Bertz CT molecular complexity index is 632. The average molecular weight is 370 g/mol. The van der Waals surface area contributed by atoms with Crippen LogP contribution in [0.4, 0.5) is 5.69 Å². The Morgan fingerprint density at radius 3 is 1.96 bits per heavy atom. The Balaban J connectivity index is 1.61. The number of aliphatic hydroxyl groups excluding tert-OH is 3. The minimum Gasteiger partial charge on any atom is -0.395 e. The third-order valence-electron chi connectivity index (χ3n) is 5.55. The second-order valence-corrected chi connectivity index (χ2v) is 7.54. The second-order valence-electron chi connectivity index (χ2n) is 7.54. The van der Waals surface area contributed by atoms with Gasteiger partial charge in [0.2, 0.25) is 0 Å². The van der Waals surface area contributed by atoms with Crippen molar-refractivity contribution in [3.63, 3.8) is 0 Å². The lowest BCUT2D eigenvalue weighted by atomic mass is 9.82. The van der Waals surface area contributed by atoms with Crippen LogP contribution in [0.2, 0.25) is 0 Å². The first-order valence-corrected chi connectivity index (χ1v) is 10.0. The summed E-state index contributed by atoms with van der Waals surface area (Å²) in [6, 6.07) is 17.2. The van der Waals surface area contributed by atoms with E-state index in [0.29, 0.717) is 19.0 Å². The van der Waals surface area contributed by atoms with Crippen molar-refractivity contribution in [2.24, 2.45) is 0 Å². The molecule has 0 spiro atoms. The topological polar surface area (TPSA) is 63.9 Å². The van der Waals surface area contributed by atoms with E-state index in [1.165, 1.54) is 23.1 Å². The molecule has 1 saturated carbocycles. The first kappa shape index (κ1) is 19.9. The van der Waals surface area contributed by atoms with Crippen molar-refractivity contribution >= 4 is 5.69 Å². The summed E-state index contributed by atoms with van der Waals surface area (Å²) in [5.41, 5.74) is 4.89. The molecule has 3 rings (SSSR count). The summed E-state index contributed by atoms with van der Waals surface area (Å²) in [4.78, 5) is 1.98. The quantitative estimate of drug-likeness (QED) is 0.669. The summed E-state index contributed by atoms with van der Waals surface area (Å²) in [6.07, 6.45) is 4.86. The summed E-state index contributed by atoms with van der Waals surface area (Å²) < 4.78 is 0. The molecular weight excluding hydrogens is 338 g/mol. The van der Waals surface area contributed by atoms with Gasteiger partial charge in [0.15, 0.2) is 0 Å². The monoisotopic (exact) mass is 369 g/mol. The molecule has 2 aromatic carbocycles. The summed E-state index contributed by atoms with van der Waals surface area (Å²) in [6.45, 7) is 1.20. The van der Waals surface area contributed by atoms with Crippen LogP contribution in [0.15, 0.2) is 48.5 Å². The van der Waals surface area contributed by atoms with E-state index < -0.39 is 0 Å². The van der Waals surface area contributed by atoms with Crippen molar-refractivity contribution < 1.29 is 15.3 Å². The smallest absolute Gasteiger partial charge is 0.0606 e. The lowest BCUT2D eigenvalue weighted by Gasteiger charge is -2.26. The van der Waals surface area contributed by atoms with Crippen molar-refractivity contribution in [3.8, 4) is 0 Å². The molecule has 1 aliphatic rings. The van der Waals surface area contributed by atoms with Crippen molar-refractivity contribution in [1.29, 1.82) is 0 Å². The maximum Gasteiger partial charge on any atom is 0.0606 e. The van der Waals surface area contributed by atoms with Gasteiger partial charge in [-0.2, -0.15) is 0 Å². The van der Waals surface area contributed by atoms with Crippen LogP contribution < -0.4 is 4.90 Å². The van der Waals surface area contributed by atoms with Gasteiger partial charge in [-0.15, -0.1) is 0 Å². The zero-order valence-electron chi connectivity index (χ0n) is 15.9. The van der Waals surface area contributed by atoms with Crippen LogP contribution in [-0.2, 0) is 6.42 Å². The Morgan fingerprint density at radius 2 is 1.41 bits per heavy atom. The van der Waals surface area contributed by atoms with Gasteiger partial charge in [0.05, 0.1) is 19.3 Å². The van der Waals surface area contributed by atoms with Gasteiger partial charge in [-0.25, -0.2) is 0 Å². The van der Waals surface area contributed by atoms with Crippen LogP contribution in [0.5, 0.6) is 0 Å². The van der Waals surface area contributed by atoms with Gasteiger partial charge in [0.1, 0.15) is 0 Å². The Kier molecular flexibility index (Phi) is 7.27. The first-order chi connectivity index (χ1) is 13.2. The zero-order valence-corrected chi connectivity index (χ0v) is 15.9. The molecule has 1 aliphatic carbocycles. The zero-order chi connectivity index (χ0) is 19.1. The lowest BCUT2D eigenvalue weighted by molar-refractivity contribution is 0.119. The van der Waals surface area contributed by atoms with Gasteiger partial charge in [-0.05, 0) is 60.4 Å². The van der Waals surface area contributed by atoms with Crippen LogP contribution in [0.1, 0.15) is 48.3 Å². The molecule has 0 bridgehead atoms. The molecule has 4 heteroatoms. The molecule has 2 aromatic rings. The summed E-state index contributed by atoms with van der Waals surface area (Å²) in [5.74, 6) is 0.492. The molecule has 0 saturated heterocycles. The highest BCUT2D eigenvalue weighted by Crippen LogP contribution is 2.33. The number of aliphatic hydroxyl groups is 3. The summed E-state index contributed by atoms with van der Waals surface area (Å²) in [5, 5.41) is 28.2. The maximum atomic E-state index is 9.89. The van der Waals surface area contributed by atoms with Crippen LogP contribution in [0.3, 0.4) is 0 Å². The van der Waals surface area contributed by atoms with E-state index >= 15 is 0 Å². The van der Waals surface area contributed by atoms with Gasteiger partial charge in [0.25, 0.3) is 0 Å². The molecule has 146 valence electrons. The van der Waals surface area contributed by atoms with E-state index in [-0.39, 0.29) is 19.3 Å². The normalized spacial score (nSPS) is 19.8. The van der Waals surface area contributed by atoms with Crippen molar-refractivity contribution in [1.82, 2.24) is 0 Å². The van der Waals surface area contributed by atoms with Gasteiger partial charge < -0.3 is 20.2 Å². The van der Waals surface area contributed by atoms with Crippen LogP contribution in [-0.4, -0.2) is 47.7 Å². The molecule has 0 heterocycles. The summed E-state index contributed by atoms with van der Waals surface area (Å²) >= 11 is 0. The van der Waals surface area contributed by atoms with Gasteiger partial charge in [-0.1, -0.05) is 42.8 Å². The van der Waals surface area contributed by atoms with Gasteiger partial charge in [0, 0.05) is 18.8 Å². The van der Waals surface area contributed by atoms with Crippen molar-refractivity contribution in [2.75, 3.05) is 31.2 Å². The first-order valence-electron chi connectivity index (χ1n) is 10.0. The Morgan fingerprint density at radius 1 is 0.815 bits per heavy atom. The fraction of sp³-hybridized carbons (Fsp3) is 0.478. The van der Waals surface area contributed by atoms with E-state index in [1.54, 1.807) is 0 Å². The van der Waals surface area contributed by atoms with E-state index in [2.05, 4.69) is 48.5 Å². The van der Waals surface area contributed by atoms with Gasteiger partial charge in [-0.3, -0.25) is 0 Å². The molecule has 0 radical (unpaired) electrons. The molecular formula is C23H31NO3. The summed E-state index contributed by atoms with van der Waals surface area (Å²) in [7, 11) is 0. The number of hydrogen-bond acceptors (Lipinski definition) is 4. The second kappa shape index (κ2) is 9.88. The molecule has 1 fully saturated rings. The third-order valence-corrected chi connectivity index (χ3v) is 5.55. The van der Waals surface area contributed by atoms with Crippen LogP contribution in [0, 0.1) is 0 Å². The van der Waals surface area contributed by atoms with Crippen LogP contribution >= 0.6 is 0 Å². The molecule has 2 atom stereocenters. The van der Waals surface area contributed by atoms with E-state index in [9.17, 15) is 5.11 Å².